The van der Waals surface area contributed by atoms with Crippen molar-refractivity contribution in [3.05, 3.63) is 52.8 Å². The number of primary amides is 1. The molecule has 8 heteroatoms. The summed E-state index contributed by atoms with van der Waals surface area (Å²) in [5.74, 6) is -0.531. The second-order valence-electron chi connectivity index (χ2n) is 4.04. The van der Waals surface area contributed by atoms with Gasteiger partial charge in [0.1, 0.15) is 0 Å². The molecular weight excluding hydrogens is 356 g/mol. The van der Waals surface area contributed by atoms with Gasteiger partial charge in [-0.3, -0.25) is 9.78 Å². The highest BCUT2D eigenvalue weighted by atomic mass is 79.9. The molecular formula is C13H11BrN4O2S. The third-order valence-corrected chi connectivity index (χ3v) is 3.39. The molecule has 0 fully saturated rings. The van der Waals surface area contributed by atoms with Gasteiger partial charge in [-0.15, -0.1) is 0 Å². The van der Waals surface area contributed by atoms with Gasteiger partial charge in [0, 0.05) is 16.2 Å². The van der Waals surface area contributed by atoms with Crippen molar-refractivity contribution in [2.45, 2.75) is 0 Å². The van der Waals surface area contributed by atoms with Gasteiger partial charge in [-0.1, -0.05) is 12.8 Å². The Balaban J connectivity index is 2.10. The van der Waals surface area contributed by atoms with Crippen molar-refractivity contribution in [1.82, 2.24) is 4.98 Å². The summed E-state index contributed by atoms with van der Waals surface area (Å²) in [5.41, 5.74) is 6.55. The lowest BCUT2D eigenvalue weighted by Crippen LogP contribution is -2.26. The maximum atomic E-state index is 12.0. The molecule has 2 aromatic rings. The first-order valence-corrected chi connectivity index (χ1v) is 6.97. The van der Waals surface area contributed by atoms with Crippen LogP contribution in [-0.2, 0) is 0 Å². The summed E-state index contributed by atoms with van der Waals surface area (Å²) in [6.07, 6.45) is 3.12. The number of carbonyl (C=O) groups is 2. The number of nitrogens with zero attached hydrogens (tertiary/aromatic N) is 2. The summed E-state index contributed by atoms with van der Waals surface area (Å²) in [5, 5.41) is 2.64. The molecule has 0 atom stereocenters. The number of hydrogen-bond donors (Lipinski definition) is 3. The van der Waals surface area contributed by atoms with Gasteiger partial charge in [0.05, 0.1) is 17.6 Å². The molecule has 0 aliphatic rings. The van der Waals surface area contributed by atoms with Gasteiger partial charge in [0.25, 0.3) is 0 Å². The maximum absolute atomic E-state index is 12.0. The molecule has 3 amide bonds. The van der Waals surface area contributed by atoms with Crippen LogP contribution in [0, 0.1) is 0 Å². The van der Waals surface area contributed by atoms with E-state index in [4.69, 9.17) is 5.73 Å². The lowest BCUT2D eigenvalue weighted by molar-refractivity contribution is 0.100. The molecule has 3 N–H and O–H groups in total. The summed E-state index contributed by atoms with van der Waals surface area (Å²) in [4.78, 5) is 27.0. The van der Waals surface area contributed by atoms with Crippen molar-refractivity contribution in [3.63, 3.8) is 0 Å². The fourth-order valence-electron chi connectivity index (χ4n) is 1.54. The van der Waals surface area contributed by atoms with Gasteiger partial charge < -0.3 is 11.1 Å². The molecule has 1 heterocycles. The molecule has 0 radical (unpaired) electrons. The number of halogens is 1. The smallest absolute Gasteiger partial charge is 0.336 e. The van der Waals surface area contributed by atoms with Crippen LogP contribution >= 0.6 is 28.7 Å². The molecule has 0 unspecified atom stereocenters. The molecule has 0 saturated carbocycles. The predicted octanol–water partition coefficient (Wildman–Crippen LogP) is 2.83. The minimum absolute atomic E-state index is 0.358. The fourth-order valence-corrected chi connectivity index (χ4v) is 2.09. The van der Waals surface area contributed by atoms with Crippen LogP contribution in [-0.4, -0.2) is 16.9 Å². The van der Waals surface area contributed by atoms with Crippen LogP contribution in [0.5, 0.6) is 0 Å². The van der Waals surface area contributed by atoms with Crippen molar-refractivity contribution in [2.75, 3.05) is 9.62 Å². The number of carbonyl (C=O) groups excluding carboxylic acids is 2. The number of anilines is 2. The summed E-state index contributed by atoms with van der Waals surface area (Å²) in [6, 6.07) is 7.45. The molecule has 0 spiro atoms. The molecule has 0 aliphatic carbocycles. The van der Waals surface area contributed by atoms with E-state index >= 15 is 0 Å². The molecule has 0 aliphatic heterocycles. The maximum Gasteiger partial charge on any atom is 0.336 e. The van der Waals surface area contributed by atoms with E-state index in [1.165, 1.54) is 18.3 Å². The Morgan fingerprint density at radius 3 is 2.48 bits per heavy atom. The second-order valence-corrected chi connectivity index (χ2v) is 5.36. The predicted molar refractivity (Wildman–Crippen MR) is 87.4 cm³/mol. The van der Waals surface area contributed by atoms with E-state index in [0.29, 0.717) is 16.9 Å². The lowest BCUT2D eigenvalue weighted by Gasteiger charge is -2.16. The lowest BCUT2D eigenvalue weighted by atomic mass is 10.2. The molecule has 1 aromatic carbocycles. The van der Waals surface area contributed by atoms with Crippen molar-refractivity contribution in [2.24, 2.45) is 5.73 Å². The number of aromatic nitrogens is 1. The minimum Gasteiger partial charge on any atom is -0.366 e. The van der Waals surface area contributed by atoms with E-state index in [-0.39, 0.29) is 0 Å². The van der Waals surface area contributed by atoms with E-state index in [2.05, 4.69) is 39.0 Å². The average Bonchev–Trinajstić information content (AvgIpc) is 2.46. The van der Waals surface area contributed by atoms with Crippen molar-refractivity contribution >= 4 is 52.1 Å². The highest BCUT2D eigenvalue weighted by Crippen LogP contribution is 2.20. The molecule has 0 bridgehead atoms. The van der Waals surface area contributed by atoms with Crippen LogP contribution < -0.4 is 15.4 Å². The number of pyridine rings is 1. The van der Waals surface area contributed by atoms with Crippen LogP contribution in [0.2, 0.25) is 0 Å². The van der Waals surface area contributed by atoms with Crippen molar-refractivity contribution in [1.29, 1.82) is 0 Å². The quantitative estimate of drug-likeness (QED) is 0.729. The van der Waals surface area contributed by atoms with Gasteiger partial charge in [-0.25, -0.2) is 9.10 Å². The van der Waals surface area contributed by atoms with E-state index in [9.17, 15) is 9.59 Å². The van der Waals surface area contributed by atoms with Crippen LogP contribution in [0.25, 0.3) is 0 Å². The summed E-state index contributed by atoms with van der Waals surface area (Å²) in [6.45, 7) is 0. The van der Waals surface area contributed by atoms with Crippen LogP contribution in [0.1, 0.15) is 10.4 Å². The van der Waals surface area contributed by atoms with Gasteiger partial charge in [-0.05, 0) is 46.3 Å². The van der Waals surface area contributed by atoms with E-state index in [1.807, 2.05) is 0 Å². The Hall–Kier alpha value is -2.06. The standard InChI is InChI=1S/C13H11BrN4O2S/c14-9-5-10(7-16-6-9)17-13(20)18(21)11-3-1-8(2-4-11)12(15)19/h1-7,21H,(H2,15,19)(H,17,20). The Morgan fingerprint density at radius 2 is 1.90 bits per heavy atom. The van der Waals surface area contributed by atoms with Gasteiger partial charge in [-0.2, -0.15) is 0 Å². The SMILES string of the molecule is NC(=O)c1ccc(N(S)C(=O)Nc2cncc(Br)c2)cc1. The number of urea groups is 1. The summed E-state index contributed by atoms with van der Waals surface area (Å²) >= 11 is 7.39. The first-order chi connectivity index (χ1) is 9.97. The summed E-state index contributed by atoms with van der Waals surface area (Å²) < 4.78 is 1.86. The van der Waals surface area contributed by atoms with Crippen LogP contribution in [0.3, 0.4) is 0 Å². The highest BCUT2D eigenvalue weighted by molar-refractivity contribution is 9.10. The largest absolute Gasteiger partial charge is 0.366 e. The Kier molecular flexibility index (Phi) is 4.81. The fraction of sp³-hybridized carbons (Fsp3) is 0. The second kappa shape index (κ2) is 6.59. The zero-order chi connectivity index (χ0) is 15.4. The monoisotopic (exact) mass is 366 g/mol. The van der Waals surface area contributed by atoms with E-state index in [1.54, 1.807) is 24.4 Å². The molecule has 108 valence electrons. The minimum atomic E-state index is -0.531. The number of nitrogens with one attached hydrogen (secondary N) is 1. The van der Waals surface area contributed by atoms with Crippen LogP contribution in [0.15, 0.2) is 47.2 Å². The molecule has 1 aromatic heterocycles. The Bertz CT molecular complexity index is 678. The average molecular weight is 367 g/mol. The topological polar surface area (TPSA) is 88.3 Å². The zero-order valence-corrected chi connectivity index (χ0v) is 13.1. The number of hydrogen-bond acceptors (Lipinski definition) is 4. The van der Waals surface area contributed by atoms with Crippen molar-refractivity contribution in [3.8, 4) is 0 Å². The normalized spacial score (nSPS) is 10.0. The molecule has 6 nitrogen and oxygen atoms in total. The first kappa shape index (κ1) is 15.3. The zero-order valence-electron chi connectivity index (χ0n) is 10.7. The number of benzene rings is 1. The van der Waals surface area contributed by atoms with E-state index in [0.717, 1.165) is 8.78 Å². The number of nitrogens with two attached hydrogens (primary N) is 1. The van der Waals surface area contributed by atoms with Crippen LogP contribution in [0.4, 0.5) is 16.2 Å². The van der Waals surface area contributed by atoms with Gasteiger partial charge in [0.15, 0.2) is 0 Å². The molecule has 2 rings (SSSR count). The van der Waals surface area contributed by atoms with E-state index < -0.39 is 11.9 Å². The Morgan fingerprint density at radius 1 is 1.24 bits per heavy atom. The molecule has 21 heavy (non-hydrogen) atoms. The number of rotatable bonds is 3. The van der Waals surface area contributed by atoms with Gasteiger partial charge in [0.2, 0.25) is 5.91 Å². The van der Waals surface area contributed by atoms with Gasteiger partial charge >= 0.3 is 6.03 Å². The Labute approximate surface area is 135 Å². The number of amides is 3. The highest BCUT2D eigenvalue weighted by Gasteiger charge is 2.13. The molecule has 0 saturated heterocycles. The third-order valence-electron chi connectivity index (χ3n) is 2.54. The third kappa shape index (κ3) is 3.96. The number of thiol groups is 1. The first-order valence-electron chi connectivity index (χ1n) is 5.78. The van der Waals surface area contributed by atoms with Crippen molar-refractivity contribution < 1.29 is 9.59 Å². The summed E-state index contributed by atoms with van der Waals surface area (Å²) in [7, 11) is 0.